The molecule has 0 bridgehead atoms. The number of pyridine rings is 1. The molecule has 0 unspecified atom stereocenters. The Balaban J connectivity index is 2.39. The van der Waals surface area contributed by atoms with Gasteiger partial charge in [-0.3, -0.25) is 0 Å². The van der Waals surface area contributed by atoms with Crippen molar-refractivity contribution in [2.24, 2.45) is 0 Å². The molecular formula is C11H18N2O. The monoisotopic (exact) mass is 194 g/mol. The Morgan fingerprint density at radius 2 is 2.21 bits per heavy atom. The maximum absolute atomic E-state index is 5.73. The topological polar surface area (TPSA) is 48.1 Å². The number of aryl methyl sites for hydroxylation is 1. The van der Waals surface area contributed by atoms with Crippen LogP contribution in [0, 0.1) is 6.92 Å². The van der Waals surface area contributed by atoms with Crippen LogP contribution < -0.4 is 10.5 Å². The SMILES string of the molecule is CCCCCOc1cc(N)c(C)cn1. The summed E-state index contributed by atoms with van der Waals surface area (Å²) in [5, 5.41) is 0. The Hall–Kier alpha value is -1.25. The van der Waals surface area contributed by atoms with Gasteiger partial charge in [0.2, 0.25) is 5.88 Å². The van der Waals surface area contributed by atoms with Gasteiger partial charge in [-0.1, -0.05) is 19.8 Å². The average Bonchev–Trinajstić information content (AvgIpc) is 2.18. The molecule has 3 heteroatoms. The molecule has 1 rings (SSSR count). The molecule has 14 heavy (non-hydrogen) atoms. The van der Waals surface area contributed by atoms with Crippen molar-refractivity contribution in [3.05, 3.63) is 17.8 Å². The molecule has 0 radical (unpaired) electrons. The second kappa shape index (κ2) is 5.47. The summed E-state index contributed by atoms with van der Waals surface area (Å²) < 4.78 is 5.45. The standard InChI is InChI=1S/C11H18N2O/c1-3-4-5-6-14-11-7-10(12)9(2)8-13-11/h7-8H,3-6H2,1-2H3,(H2,12,13). The number of hydrogen-bond donors (Lipinski definition) is 1. The molecule has 1 aromatic rings. The fourth-order valence-electron chi connectivity index (χ4n) is 1.13. The lowest BCUT2D eigenvalue weighted by Gasteiger charge is -2.06. The first-order valence-electron chi connectivity index (χ1n) is 5.09. The summed E-state index contributed by atoms with van der Waals surface area (Å²) in [6, 6.07) is 1.78. The third-order valence-corrected chi connectivity index (χ3v) is 2.12. The third-order valence-electron chi connectivity index (χ3n) is 2.12. The van der Waals surface area contributed by atoms with Crippen molar-refractivity contribution in [3.63, 3.8) is 0 Å². The molecule has 0 atom stereocenters. The number of hydrogen-bond acceptors (Lipinski definition) is 3. The fraction of sp³-hybridized carbons (Fsp3) is 0.545. The van der Waals surface area contributed by atoms with Crippen molar-refractivity contribution >= 4 is 5.69 Å². The number of ether oxygens (including phenoxy) is 1. The van der Waals surface area contributed by atoms with Crippen LogP contribution in [-0.4, -0.2) is 11.6 Å². The van der Waals surface area contributed by atoms with Crippen LogP contribution in [0.4, 0.5) is 5.69 Å². The predicted octanol–water partition coefficient (Wildman–Crippen LogP) is 2.54. The van der Waals surface area contributed by atoms with E-state index in [0.717, 1.165) is 24.3 Å². The highest BCUT2D eigenvalue weighted by molar-refractivity contribution is 5.46. The minimum absolute atomic E-state index is 0.629. The van der Waals surface area contributed by atoms with Crippen LogP contribution in [0.3, 0.4) is 0 Å². The number of rotatable bonds is 5. The summed E-state index contributed by atoms with van der Waals surface area (Å²) in [7, 11) is 0. The molecule has 0 saturated carbocycles. The molecule has 1 aromatic heterocycles. The largest absolute Gasteiger partial charge is 0.478 e. The van der Waals surface area contributed by atoms with Crippen molar-refractivity contribution < 1.29 is 4.74 Å². The Labute approximate surface area is 85.3 Å². The molecule has 0 aliphatic heterocycles. The summed E-state index contributed by atoms with van der Waals surface area (Å²) in [5.74, 6) is 0.629. The van der Waals surface area contributed by atoms with Gasteiger partial charge in [0.25, 0.3) is 0 Å². The van der Waals surface area contributed by atoms with Gasteiger partial charge in [-0.15, -0.1) is 0 Å². The quantitative estimate of drug-likeness (QED) is 0.733. The number of nitrogen functional groups attached to an aromatic ring is 1. The van der Waals surface area contributed by atoms with E-state index in [0.29, 0.717) is 5.88 Å². The van der Waals surface area contributed by atoms with Crippen molar-refractivity contribution in [1.82, 2.24) is 4.98 Å². The summed E-state index contributed by atoms with van der Waals surface area (Å²) in [6.07, 6.45) is 5.21. The van der Waals surface area contributed by atoms with E-state index in [1.54, 1.807) is 12.3 Å². The van der Waals surface area contributed by atoms with Crippen LogP contribution in [0.25, 0.3) is 0 Å². The summed E-state index contributed by atoms with van der Waals surface area (Å²) in [5.41, 5.74) is 7.46. The van der Waals surface area contributed by atoms with Gasteiger partial charge in [0, 0.05) is 18.0 Å². The number of nitrogens with zero attached hydrogens (tertiary/aromatic N) is 1. The molecule has 0 amide bonds. The van der Waals surface area contributed by atoms with Gasteiger partial charge in [0.15, 0.2) is 0 Å². The Morgan fingerprint density at radius 1 is 1.43 bits per heavy atom. The van der Waals surface area contributed by atoms with Crippen LogP contribution in [0.15, 0.2) is 12.3 Å². The number of unbranched alkanes of at least 4 members (excludes halogenated alkanes) is 2. The van der Waals surface area contributed by atoms with Crippen LogP contribution in [0.2, 0.25) is 0 Å². The van der Waals surface area contributed by atoms with Crippen LogP contribution in [-0.2, 0) is 0 Å². The highest BCUT2D eigenvalue weighted by atomic mass is 16.5. The zero-order chi connectivity index (χ0) is 10.4. The lowest BCUT2D eigenvalue weighted by Crippen LogP contribution is -2.00. The van der Waals surface area contributed by atoms with Gasteiger partial charge < -0.3 is 10.5 Å². The fourth-order valence-corrected chi connectivity index (χ4v) is 1.13. The smallest absolute Gasteiger partial charge is 0.215 e. The number of nitrogens with two attached hydrogens (primary N) is 1. The average molecular weight is 194 g/mol. The van der Waals surface area contributed by atoms with Crippen LogP contribution >= 0.6 is 0 Å². The minimum Gasteiger partial charge on any atom is -0.478 e. The van der Waals surface area contributed by atoms with E-state index < -0.39 is 0 Å². The van der Waals surface area contributed by atoms with E-state index in [-0.39, 0.29) is 0 Å². The normalized spacial score (nSPS) is 10.1. The molecule has 2 N–H and O–H groups in total. The minimum atomic E-state index is 0.629. The third kappa shape index (κ3) is 3.24. The second-order valence-electron chi connectivity index (χ2n) is 3.43. The van der Waals surface area contributed by atoms with Gasteiger partial charge in [-0.2, -0.15) is 0 Å². The second-order valence-corrected chi connectivity index (χ2v) is 3.43. The van der Waals surface area contributed by atoms with E-state index in [1.165, 1.54) is 12.8 Å². The molecule has 0 aliphatic rings. The van der Waals surface area contributed by atoms with Crippen LogP contribution in [0.1, 0.15) is 31.7 Å². The van der Waals surface area contributed by atoms with Gasteiger partial charge in [0.05, 0.1) is 6.61 Å². The molecule has 0 saturated heterocycles. The molecule has 3 nitrogen and oxygen atoms in total. The summed E-state index contributed by atoms with van der Waals surface area (Å²) >= 11 is 0. The molecule has 78 valence electrons. The van der Waals surface area contributed by atoms with Gasteiger partial charge >= 0.3 is 0 Å². The maximum Gasteiger partial charge on any atom is 0.215 e. The van der Waals surface area contributed by atoms with E-state index in [4.69, 9.17) is 10.5 Å². The Bertz CT molecular complexity index is 287. The molecule has 0 aliphatic carbocycles. The highest BCUT2D eigenvalue weighted by Crippen LogP contribution is 2.15. The molecule has 1 heterocycles. The zero-order valence-electron chi connectivity index (χ0n) is 8.92. The van der Waals surface area contributed by atoms with E-state index in [2.05, 4.69) is 11.9 Å². The van der Waals surface area contributed by atoms with E-state index in [1.807, 2.05) is 6.92 Å². The lowest BCUT2D eigenvalue weighted by atomic mass is 10.2. The predicted molar refractivity (Wildman–Crippen MR) is 58.4 cm³/mol. The van der Waals surface area contributed by atoms with Crippen molar-refractivity contribution in [2.45, 2.75) is 33.1 Å². The van der Waals surface area contributed by atoms with E-state index in [9.17, 15) is 0 Å². The van der Waals surface area contributed by atoms with Gasteiger partial charge in [-0.05, 0) is 18.9 Å². The number of anilines is 1. The Morgan fingerprint density at radius 3 is 2.86 bits per heavy atom. The lowest BCUT2D eigenvalue weighted by molar-refractivity contribution is 0.295. The maximum atomic E-state index is 5.73. The summed E-state index contributed by atoms with van der Waals surface area (Å²) in [4.78, 5) is 4.13. The van der Waals surface area contributed by atoms with Gasteiger partial charge in [0.1, 0.15) is 0 Å². The zero-order valence-corrected chi connectivity index (χ0v) is 8.92. The molecule has 0 fully saturated rings. The molecule has 0 aromatic carbocycles. The van der Waals surface area contributed by atoms with Crippen molar-refractivity contribution in [3.8, 4) is 5.88 Å². The first kappa shape index (κ1) is 10.8. The van der Waals surface area contributed by atoms with Crippen molar-refractivity contribution in [2.75, 3.05) is 12.3 Å². The van der Waals surface area contributed by atoms with Crippen LogP contribution in [0.5, 0.6) is 5.88 Å². The molecule has 0 spiro atoms. The highest BCUT2D eigenvalue weighted by Gasteiger charge is 1.98. The first-order valence-corrected chi connectivity index (χ1v) is 5.09. The first-order chi connectivity index (χ1) is 6.74. The molecular weight excluding hydrogens is 176 g/mol. The summed E-state index contributed by atoms with van der Waals surface area (Å²) in [6.45, 7) is 4.83. The van der Waals surface area contributed by atoms with Crippen molar-refractivity contribution in [1.29, 1.82) is 0 Å². The van der Waals surface area contributed by atoms with Gasteiger partial charge in [-0.25, -0.2) is 4.98 Å². The van der Waals surface area contributed by atoms with E-state index >= 15 is 0 Å². The Kier molecular flexibility index (Phi) is 4.23. The number of aromatic nitrogens is 1.